The molecular formula is C26H27B2N3O11. The van der Waals surface area contributed by atoms with E-state index in [9.17, 15) is 39.1 Å². The molecule has 3 heterocycles. The first-order valence-corrected chi connectivity index (χ1v) is 13.2. The van der Waals surface area contributed by atoms with Crippen molar-refractivity contribution in [3.63, 3.8) is 0 Å². The Balaban J connectivity index is 1.36. The van der Waals surface area contributed by atoms with Crippen molar-refractivity contribution in [1.82, 2.24) is 15.5 Å². The molecule has 0 aliphatic carbocycles. The Labute approximate surface area is 239 Å². The number of hydrogen-bond donors (Lipinski definition) is 6. The summed E-state index contributed by atoms with van der Waals surface area (Å²) in [6.45, 7) is 0.291. The van der Waals surface area contributed by atoms with Crippen LogP contribution in [0.4, 0.5) is 0 Å². The maximum absolute atomic E-state index is 13.6. The minimum atomic E-state index is -1.51. The van der Waals surface area contributed by atoms with Crippen LogP contribution in [0.2, 0.25) is 0 Å². The maximum Gasteiger partial charge on any atom is 0.491 e. The zero-order chi connectivity index (χ0) is 30.1. The SMILES string of the molecule is O=C(O)CC[C@H](NC(=O)[C@@H]1C[C@@H](NC(=O)c2ccc3c(c2)B(O)OC3)CN1C(=O)c1ccc2c(c1)B(O)OC2)C(=O)O. The van der Waals surface area contributed by atoms with E-state index in [1.165, 1.54) is 23.1 Å². The van der Waals surface area contributed by atoms with E-state index in [0.717, 1.165) is 5.56 Å². The minimum Gasteiger partial charge on any atom is -0.481 e. The van der Waals surface area contributed by atoms with Crippen LogP contribution in [0.25, 0.3) is 0 Å². The summed E-state index contributed by atoms with van der Waals surface area (Å²) in [5.41, 5.74) is 2.70. The molecule has 5 rings (SSSR count). The zero-order valence-corrected chi connectivity index (χ0v) is 22.2. The van der Waals surface area contributed by atoms with Crippen LogP contribution >= 0.6 is 0 Å². The smallest absolute Gasteiger partial charge is 0.481 e. The van der Waals surface area contributed by atoms with E-state index in [0.29, 0.717) is 16.5 Å². The fraction of sp³-hybridized carbons (Fsp3) is 0.346. The first-order valence-electron chi connectivity index (χ1n) is 13.2. The molecule has 2 aromatic rings. The molecule has 16 heteroatoms. The van der Waals surface area contributed by atoms with Crippen LogP contribution in [-0.2, 0) is 36.9 Å². The van der Waals surface area contributed by atoms with Gasteiger partial charge in [-0.3, -0.25) is 19.2 Å². The van der Waals surface area contributed by atoms with E-state index < -0.39 is 68.4 Å². The zero-order valence-electron chi connectivity index (χ0n) is 22.2. The Kier molecular flexibility index (Phi) is 8.31. The van der Waals surface area contributed by atoms with Gasteiger partial charge in [0.25, 0.3) is 11.8 Å². The molecule has 42 heavy (non-hydrogen) atoms. The Morgan fingerprint density at radius 2 is 1.52 bits per heavy atom. The second-order valence-electron chi connectivity index (χ2n) is 10.4. The van der Waals surface area contributed by atoms with Gasteiger partial charge in [0.05, 0.1) is 13.2 Å². The van der Waals surface area contributed by atoms with Crippen molar-refractivity contribution in [3.8, 4) is 0 Å². The van der Waals surface area contributed by atoms with Crippen LogP contribution in [0.1, 0.15) is 51.1 Å². The lowest BCUT2D eigenvalue weighted by atomic mass is 9.78. The van der Waals surface area contributed by atoms with E-state index in [-0.39, 0.29) is 43.7 Å². The standard InChI is InChI=1S/C26H27B2N3O11/c32-22(33)6-5-20(26(37)38)30-24(35)21-9-17(29-23(34)13-1-3-15-11-41-27(39)18(15)7-13)10-31(21)25(36)14-2-4-16-12-42-28(40)19(16)8-14/h1-4,7-8,17,20-21,39-40H,5-6,9-12H2,(H,29,34)(H,30,35)(H,32,33)(H,37,38)/t17-,20+,21+/m1/s1. The molecule has 0 aromatic heterocycles. The lowest BCUT2D eigenvalue weighted by Crippen LogP contribution is -2.51. The summed E-state index contributed by atoms with van der Waals surface area (Å²) < 4.78 is 10.3. The van der Waals surface area contributed by atoms with Crippen molar-refractivity contribution in [2.75, 3.05) is 6.54 Å². The number of carbonyl (C=O) groups excluding carboxylic acids is 3. The number of fused-ring (bicyclic) bond motifs is 2. The number of nitrogens with one attached hydrogen (secondary N) is 2. The number of carbonyl (C=O) groups is 5. The summed E-state index contributed by atoms with van der Waals surface area (Å²) in [7, 11) is -2.36. The van der Waals surface area contributed by atoms with Crippen molar-refractivity contribution >= 4 is 54.8 Å². The van der Waals surface area contributed by atoms with Crippen molar-refractivity contribution in [2.45, 2.75) is 50.6 Å². The first-order chi connectivity index (χ1) is 20.0. The molecule has 14 nitrogen and oxygen atoms in total. The summed E-state index contributed by atoms with van der Waals surface area (Å²) in [4.78, 5) is 63.9. The lowest BCUT2D eigenvalue weighted by molar-refractivity contribution is -0.143. The highest BCUT2D eigenvalue weighted by atomic mass is 16.5. The predicted octanol–water partition coefficient (Wildman–Crippen LogP) is -2.43. The Hall–Kier alpha value is -4.24. The van der Waals surface area contributed by atoms with Crippen molar-refractivity contribution < 1.29 is 53.5 Å². The molecule has 218 valence electrons. The van der Waals surface area contributed by atoms with Crippen LogP contribution < -0.4 is 21.6 Å². The quantitative estimate of drug-likeness (QED) is 0.172. The lowest BCUT2D eigenvalue weighted by Gasteiger charge is -2.25. The summed E-state index contributed by atoms with van der Waals surface area (Å²) in [5.74, 6) is -4.59. The van der Waals surface area contributed by atoms with Gasteiger partial charge in [-0.05, 0) is 59.2 Å². The largest absolute Gasteiger partial charge is 0.491 e. The number of nitrogens with zero attached hydrogens (tertiary/aromatic N) is 1. The molecule has 1 fully saturated rings. The van der Waals surface area contributed by atoms with Gasteiger partial charge in [-0.1, -0.05) is 12.1 Å². The van der Waals surface area contributed by atoms with Gasteiger partial charge >= 0.3 is 26.2 Å². The highest BCUT2D eigenvalue weighted by Crippen LogP contribution is 2.23. The van der Waals surface area contributed by atoms with Gasteiger partial charge in [0.2, 0.25) is 5.91 Å². The van der Waals surface area contributed by atoms with Gasteiger partial charge in [0.1, 0.15) is 12.1 Å². The highest BCUT2D eigenvalue weighted by Gasteiger charge is 2.42. The van der Waals surface area contributed by atoms with E-state index in [1.807, 2.05) is 0 Å². The van der Waals surface area contributed by atoms with Crippen molar-refractivity contribution in [1.29, 1.82) is 0 Å². The summed E-state index contributed by atoms with van der Waals surface area (Å²) in [6.07, 6.45) is -0.918. The topological polar surface area (TPSA) is 212 Å². The molecule has 0 saturated carbocycles. The summed E-state index contributed by atoms with van der Waals surface area (Å²) >= 11 is 0. The molecule has 0 bridgehead atoms. The van der Waals surface area contributed by atoms with Crippen molar-refractivity contribution in [2.24, 2.45) is 0 Å². The monoisotopic (exact) mass is 579 g/mol. The number of aliphatic carboxylic acids is 2. The first kappa shape index (κ1) is 29.3. The molecule has 3 aliphatic heterocycles. The summed E-state index contributed by atoms with van der Waals surface area (Å²) in [6, 6.07) is 5.92. The van der Waals surface area contributed by atoms with Gasteiger partial charge in [-0.2, -0.15) is 0 Å². The van der Waals surface area contributed by atoms with Crippen molar-refractivity contribution in [3.05, 3.63) is 58.7 Å². The van der Waals surface area contributed by atoms with Gasteiger partial charge < -0.3 is 45.1 Å². The molecule has 3 amide bonds. The third-order valence-electron chi connectivity index (χ3n) is 7.59. The summed E-state index contributed by atoms with van der Waals surface area (Å²) in [5, 5.41) is 43.7. The average molecular weight is 579 g/mol. The van der Waals surface area contributed by atoms with Gasteiger partial charge in [-0.15, -0.1) is 0 Å². The molecule has 2 aromatic carbocycles. The minimum absolute atomic E-state index is 0.0536. The number of hydrogen-bond acceptors (Lipinski definition) is 9. The molecule has 6 N–H and O–H groups in total. The molecule has 0 radical (unpaired) electrons. The molecule has 0 spiro atoms. The number of carboxylic acid groups (broad SMARTS) is 2. The second kappa shape index (κ2) is 11.9. The van der Waals surface area contributed by atoms with Crippen LogP contribution in [0.5, 0.6) is 0 Å². The van der Waals surface area contributed by atoms with Crippen LogP contribution in [0, 0.1) is 0 Å². The molecule has 3 atom stereocenters. The van der Waals surface area contributed by atoms with Gasteiger partial charge in [0.15, 0.2) is 0 Å². The second-order valence-corrected chi connectivity index (χ2v) is 10.4. The van der Waals surface area contributed by atoms with Crippen LogP contribution in [0.3, 0.4) is 0 Å². The third-order valence-corrected chi connectivity index (χ3v) is 7.59. The van der Waals surface area contributed by atoms with E-state index in [4.69, 9.17) is 14.4 Å². The maximum atomic E-state index is 13.6. The Morgan fingerprint density at radius 1 is 0.929 bits per heavy atom. The Bertz CT molecular complexity index is 1450. The number of carboxylic acids is 2. The molecule has 0 unspecified atom stereocenters. The molecule has 3 aliphatic rings. The predicted molar refractivity (Wildman–Crippen MR) is 145 cm³/mol. The third kappa shape index (κ3) is 6.01. The normalized spacial score (nSPS) is 19.7. The van der Waals surface area contributed by atoms with Crippen LogP contribution in [0.15, 0.2) is 36.4 Å². The average Bonchev–Trinajstić information content (AvgIpc) is 3.66. The number of benzene rings is 2. The number of amides is 3. The van der Waals surface area contributed by atoms with E-state index in [2.05, 4.69) is 10.6 Å². The number of rotatable bonds is 9. The highest BCUT2D eigenvalue weighted by molar-refractivity contribution is 6.62. The molecule has 1 saturated heterocycles. The fourth-order valence-electron chi connectivity index (χ4n) is 5.34. The molecular weight excluding hydrogens is 552 g/mol. The fourth-order valence-corrected chi connectivity index (χ4v) is 5.34. The van der Waals surface area contributed by atoms with Gasteiger partial charge in [0, 0.05) is 30.1 Å². The van der Waals surface area contributed by atoms with E-state index >= 15 is 0 Å². The van der Waals surface area contributed by atoms with Gasteiger partial charge in [-0.25, -0.2) is 4.79 Å². The number of likely N-dealkylation sites (tertiary alicyclic amines) is 1. The van der Waals surface area contributed by atoms with Crippen LogP contribution in [-0.4, -0.2) is 93.7 Å². The Morgan fingerprint density at radius 3 is 2.12 bits per heavy atom. The van der Waals surface area contributed by atoms with E-state index in [1.54, 1.807) is 18.2 Å².